The van der Waals surface area contributed by atoms with E-state index in [0.717, 1.165) is 19.5 Å². The number of benzene rings is 2. The molecule has 4 nitrogen and oxygen atoms in total. The lowest BCUT2D eigenvalue weighted by molar-refractivity contribution is -0.110. The minimum atomic E-state index is -0.409. The van der Waals surface area contributed by atoms with Crippen LogP contribution in [0.3, 0.4) is 0 Å². The molecule has 0 radical (unpaired) electrons. The molecule has 2 aromatic carbocycles. The van der Waals surface area contributed by atoms with Gasteiger partial charge in [0.05, 0.1) is 16.9 Å². The largest absolute Gasteiger partial charge is 0.369 e. The number of carbonyl (C=O) groups is 1. The summed E-state index contributed by atoms with van der Waals surface area (Å²) in [5.41, 5.74) is 2.62. The molecule has 0 aromatic heterocycles. The van der Waals surface area contributed by atoms with Crippen molar-refractivity contribution < 1.29 is 13.6 Å². The van der Waals surface area contributed by atoms with Gasteiger partial charge in [0, 0.05) is 30.5 Å². The molecule has 0 spiro atoms. The summed E-state index contributed by atoms with van der Waals surface area (Å²) >= 11 is 0. The average molecular weight is 383 g/mol. The summed E-state index contributed by atoms with van der Waals surface area (Å²) in [5.74, 6) is -0.326. The minimum Gasteiger partial charge on any atom is -0.369 e. The second-order valence-electron chi connectivity index (χ2n) is 7.40. The summed E-state index contributed by atoms with van der Waals surface area (Å²) in [6.07, 6.45) is 4.94. The van der Waals surface area contributed by atoms with E-state index in [1.54, 1.807) is 12.1 Å². The average Bonchev–Trinajstić information content (AvgIpc) is 3.42. The van der Waals surface area contributed by atoms with Crippen molar-refractivity contribution >= 4 is 28.5 Å². The Bertz CT molecular complexity index is 937. The molecule has 1 amide bonds. The Labute approximate surface area is 163 Å². The summed E-state index contributed by atoms with van der Waals surface area (Å²) in [7, 11) is 0. The van der Waals surface area contributed by atoms with Crippen LogP contribution in [0.15, 0.2) is 42.6 Å². The Kier molecular flexibility index (Phi) is 5.03. The number of fused-ring (bicyclic) bond motifs is 1. The number of halogens is 2. The third kappa shape index (κ3) is 3.86. The Morgan fingerprint density at radius 2 is 2.04 bits per heavy atom. The molecular formula is C22H23F2N3O. The zero-order valence-electron chi connectivity index (χ0n) is 15.8. The maximum atomic E-state index is 14.7. The molecule has 1 fully saturated rings. The monoisotopic (exact) mass is 383 g/mol. The topological polar surface area (TPSA) is 44.4 Å². The van der Waals surface area contributed by atoms with Gasteiger partial charge >= 0.3 is 0 Å². The molecule has 0 saturated heterocycles. The van der Waals surface area contributed by atoms with Crippen molar-refractivity contribution in [3.05, 3.63) is 59.8 Å². The number of amides is 1. The van der Waals surface area contributed by atoms with Crippen LogP contribution in [0.25, 0.3) is 5.57 Å². The third-order valence-electron chi connectivity index (χ3n) is 5.11. The third-order valence-corrected chi connectivity index (χ3v) is 5.11. The van der Waals surface area contributed by atoms with E-state index in [4.69, 9.17) is 0 Å². The van der Waals surface area contributed by atoms with Crippen molar-refractivity contribution in [2.24, 2.45) is 5.92 Å². The second kappa shape index (κ2) is 7.62. The van der Waals surface area contributed by atoms with Crippen molar-refractivity contribution in [1.82, 2.24) is 0 Å². The molecule has 1 saturated carbocycles. The number of anilines is 3. The molecule has 4 rings (SSSR count). The van der Waals surface area contributed by atoms with Crippen LogP contribution in [0, 0.1) is 17.6 Å². The molecule has 2 N–H and O–H groups in total. The van der Waals surface area contributed by atoms with E-state index in [9.17, 15) is 13.6 Å². The lowest BCUT2D eigenvalue weighted by Gasteiger charge is -2.25. The maximum Gasteiger partial charge on any atom is 0.257 e. The van der Waals surface area contributed by atoms with Crippen molar-refractivity contribution in [3.63, 3.8) is 0 Å². The highest BCUT2D eigenvalue weighted by Crippen LogP contribution is 2.34. The minimum absolute atomic E-state index is 0.282. The number of hydrogen-bond acceptors (Lipinski definition) is 3. The number of carbonyl (C=O) groups excluding carboxylic acids is 1. The highest BCUT2D eigenvalue weighted by atomic mass is 19.1. The smallest absolute Gasteiger partial charge is 0.257 e. The van der Waals surface area contributed by atoms with E-state index in [1.807, 2.05) is 6.07 Å². The molecular weight excluding hydrogens is 360 g/mol. The van der Waals surface area contributed by atoms with E-state index >= 15 is 0 Å². The fourth-order valence-electron chi connectivity index (χ4n) is 3.51. The van der Waals surface area contributed by atoms with Crippen LogP contribution < -0.4 is 15.5 Å². The predicted octanol–water partition coefficient (Wildman–Crippen LogP) is 5.00. The SMILES string of the molecule is CCCN(CC1CC1)c1ccc(N/C=C2/C(=O)Nc3cc(F)ccc32)cc1F. The van der Waals surface area contributed by atoms with Gasteiger partial charge in [-0.3, -0.25) is 4.79 Å². The molecule has 28 heavy (non-hydrogen) atoms. The van der Waals surface area contributed by atoms with E-state index < -0.39 is 5.82 Å². The van der Waals surface area contributed by atoms with Crippen LogP contribution >= 0.6 is 0 Å². The van der Waals surface area contributed by atoms with Gasteiger partial charge in [0.25, 0.3) is 5.91 Å². The number of rotatable bonds is 7. The lowest BCUT2D eigenvalue weighted by atomic mass is 10.1. The first-order valence-corrected chi connectivity index (χ1v) is 9.67. The molecule has 6 heteroatoms. The summed E-state index contributed by atoms with van der Waals surface area (Å²) in [6.45, 7) is 3.82. The molecule has 2 aliphatic rings. The second-order valence-corrected chi connectivity index (χ2v) is 7.40. The van der Waals surface area contributed by atoms with E-state index in [2.05, 4.69) is 22.5 Å². The maximum absolute atomic E-state index is 14.7. The number of nitrogens with one attached hydrogen (secondary N) is 2. The molecule has 1 aliphatic heterocycles. The Balaban J connectivity index is 1.52. The Morgan fingerprint density at radius 3 is 2.75 bits per heavy atom. The Hall–Kier alpha value is -2.89. The van der Waals surface area contributed by atoms with E-state index in [1.165, 1.54) is 37.2 Å². The highest BCUT2D eigenvalue weighted by molar-refractivity contribution is 6.31. The predicted molar refractivity (Wildman–Crippen MR) is 108 cm³/mol. The van der Waals surface area contributed by atoms with Gasteiger partial charge in [0.15, 0.2) is 0 Å². The number of nitrogens with zero attached hydrogens (tertiary/aromatic N) is 1. The van der Waals surface area contributed by atoms with Gasteiger partial charge in [-0.2, -0.15) is 0 Å². The van der Waals surface area contributed by atoms with Crippen LogP contribution in [0.4, 0.5) is 25.8 Å². The zero-order valence-corrected chi connectivity index (χ0v) is 15.8. The quantitative estimate of drug-likeness (QED) is 0.662. The zero-order chi connectivity index (χ0) is 19.7. The normalized spacial score (nSPS) is 16.8. The van der Waals surface area contributed by atoms with Gasteiger partial charge in [-0.05, 0) is 61.6 Å². The van der Waals surface area contributed by atoms with Crippen molar-refractivity contribution in [3.8, 4) is 0 Å². The molecule has 1 aliphatic carbocycles. The number of hydrogen-bond donors (Lipinski definition) is 2. The first-order valence-electron chi connectivity index (χ1n) is 9.67. The van der Waals surface area contributed by atoms with Crippen molar-refractivity contribution in [2.75, 3.05) is 28.6 Å². The van der Waals surface area contributed by atoms with Gasteiger partial charge in [-0.1, -0.05) is 6.92 Å². The van der Waals surface area contributed by atoms with Gasteiger partial charge in [0.2, 0.25) is 0 Å². The lowest BCUT2D eigenvalue weighted by Crippen LogP contribution is -2.27. The summed E-state index contributed by atoms with van der Waals surface area (Å²) in [6, 6.07) is 9.19. The molecule has 1 heterocycles. The van der Waals surface area contributed by atoms with Crippen molar-refractivity contribution in [2.45, 2.75) is 26.2 Å². The van der Waals surface area contributed by atoms with Crippen LogP contribution in [-0.4, -0.2) is 19.0 Å². The van der Waals surface area contributed by atoms with Crippen LogP contribution in [-0.2, 0) is 4.79 Å². The molecule has 0 bridgehead atoms. The Morgan fingerprint density at radius 1 is 1.21 bits per heavy atom. The van der Waals surface area contributed by atoms with Crippen LogP contribution in [0.1, 0.15) is 31.7 Å². The molecule has 2 aromatic rings. The van der Waals surface area contributed by atoms with E-state index in [0.29, 0.717) is 34.1 Å². The fraction of sp³-hybridized carbons (Fsp3) is 0.318. The summed E-state index contributed by atoms with van der Waals surface area (Å²) in [4.78, 5) is 14.2. The first-order chi connectivity index (χ1) is 13.5. The van der Waals surface area contributed by atoms with E-state index in [-0.39, 0.29) is 11.7 Å². The molecule has 0 unspecified atom stereocenters. The van der Waals surface area contributed by atoms with Crippen molar-refractivity contribution in [1.29, 1.82) is 0 Å². The van der Waals surface area contributed by atoms with Gasteiger partial charge < -0.3 is 15.5 Å². The molecule has 0 atom stereocenters. The molecule has 146 valence electrons. The van der Waals surface area contributed by atoms with Crippen LogP contribution in [0.5, 0.6) is 0 Å². The first kappa shape index (κ1) is 18.5. The van der Waals surface area contributed by atoms with Gasteiger partial charge in [-0.15, -0.1) is 0 Å². The standard InChI is InChI=1S/C22H23F2N3O/c1-2-9-27(13-14-3-4-14)21-8-6-16(11-19(21)24)25-12-18-17-7-5-15(23)10-20(17)26-22(18)28/h5-8,10-12,14,25H,2-4,9,13H2,1H3,(H,26,28)/b18-12+. The van der Waals surface area contributed by atoms with Gasteiger partial charge in [0.1, 0.15) is 11.6 Å². The fourth-order valence-corrected chi connectivity index (χ4v) is 3.51. The summed E-state index contributed by atoms with van der Waals surface area (Å²) in [5, 5.41) is 5.62. The van der Waals surface area contributed by atoms with Crippen LogP contribution in [0.2, 0.25) is 0 Å². The van der Waals surface area contributed by atoms with Gasteiger partial charge in [-0.25, -0.2) is 8.78 Å². The summed E-state index contributed by atoms with van der Waals surface area (Å²) < 4.78 is 28.1. The highest BCUT2D eigenvalue weighted by Gasteiger charge is 2.26.